The molecule has 1 saturated heterocycles. The lowest BCUT2D eigenvalue weighted by molar-refractivity contribution is -0.385. The van der Waals surface area contributed by atoms with Crippen LogP contribution >= 0.6 is 0 Å². The molecule has 0 amide bonds. The van der Waals surface area contributed by atoms with E-state index in [1.165, 1.54) is 10.4 Å². The van der Waals surface area contributed by atoms with Gasteiger partial charge in [0.15, 0.2) is 0 Å². The zero-order chi connectivity index (χ0) is 20.3. The van der Waals surface area contributed by atoms with Gasteiger partial charge in [-0.1, -0.05) is 6.07 Å². The monoisotopic (exact) mass is 405 g/mol. The largest absolute Gasteiger partial charge is 0.369 e. The molecule has 2 heterocycles. The zero-order valence-electron chi connectivity index (χ0n) is 15.6. The summed E-state index contributed by atoms with van der Waals surface area (Å²) in [5.74, 6) is 0.0780. The summed E-state index contributed by atoms with van der Waals surface area (Å²) in [5.41, 5.74) is 8.12. The minimum absolute atomic E-state index is 0.0488. The van der Waals surface area contributed by atoms with Crippen LogP contribution in [-0.4, -0.2) is 54.6 Å². The first-order chi connectivity index (χ1) is 13.3. The average molecular weight is 405 g/mol. The van der Waals surface area contributed by atoms with Gasteiger partial charge >= 0.3 is 0 Å². The van der Waals surface area contributed by atoms with E-state index in [-0.39, 0.29) is 11.4 Å². The number of nitro groups is 1. The molecule has 0 radical (unpaired) electrons. The van der Waals surface area contributed by atoms with E-state index in [4.69, 9.17) is 5.73 Å². The van der Waals surface area contributed by atoms with Gasteiger partial charge in [-0.2, -0.15) is 4.31 Å². The van der Waals surface area contributed by atoms with E-state index in [1.807, 2.05) is 4.90 Å². The Labute approximate surface area is 164 Å². The van der Waals surface area contributed by atoms with Gasteiger partial charge in [0.2, 0.25) is 10.0 Å². The molecule has 1 aromatic carbocycles. The molecule has 3 rings (SSSR count). The van der Waals surface area contributed by atoms with E-state index in [0.717, 1.165) is 5.69 Å². The van der Waals surface area contributed by atoms with Crippen molar-refractivity contribution in [3.8, 4) is 0 Å². The fourth-order valence-electron chi connectivity index (χ4n) is 3.30. The summed E-state index contributed by atoms with van der Waals surface area (Å²) in [6, 6.07) is 7.69. The fraction of sp³-hybridized carbons (Fsp3) is 0.389. The van der Waals surface area contributed by atoms with Gasteiger partial charge in [-0.15, -0.1) is 0 Å². The number of rotatable bonds is 6. The van der Waals surface area contributed by atoms with Gasteiger partial charge in [0.1, 0.15) is 0 Å². The summed E-state index contributed by atoms with van der Waals surface area (Å²) < 4.78 is 25.5. The van der Waals surface area contributed by atoms with Crippen molar-refractivity contribution in [2.75, 3.05) is 36.8 Å². The molecule has 2 aromatic rings. The van der Waals surface area contributed by atoms with E-state index in [2.05, 4.69) is 4.98 Å². The number of benzene rings is 1. The minimum Gasteiger partial charge on any atom is -0.369 e. The molecule has 2 N–H and O–H groups in total. The second-order valence-electron chi connectivity index (χ2n) is 6.55. The van der Waals surface area contributed by atoms with E-state index < -0.39 is 21.0 Å². The fourth-order valence-corrected chi connectivity index (χ4v) is 4.39. The smallest absolute Gasteiger partial charge is 0.274 e. The highest BCUT2D eigenvalue weighted by molar-refractivity contribution is 7.89. The molecule has 9 nitrogen and oxygen atoms in total. The van der Waals surface area contributed by atoms with Gasteiger partial charge in [-0.25, -0.2) is 8.42 Å². The van der Waals surface area contributed by atoms with Crippen LogP contribution in [0.4, 0.5) is 11.4 Å². The Morgan fingerprint density at radius 1 is 1.25 bits per heavy atom. The third-order valence-electron chi connectivity index (χ3n) is 4.95. The van der Waals surface area contributed by atoms with Crippen LogP contribution in [-0.2, 0) is 10.0 Å². The van der Waals surface area contributed by atoms with Gasteiger partial charge in [-0.3, -0.25) is 15.1 Å². The highest BCUT2D eigenvalue weighted by Gasteiger charge is 2.27. The Morgan fingerprint density at radius 2 is 1.96 bits per heavy atom. The summed E-state index contributed by atoms with van der Waals surface area (Å²) in [7, 11) is -3.21. The summed E-state index contributed by atoms with van der Waals surface area (Å²) in [6.07, 6.45) is 3.21. The molecule has 1 aliphatic rings. The van der Waals surface area contributed by atoms with Crippen molar-refractivity contribution in [3.63, 3.8) is 0 Å². The topological polar surface area (TPSA) is 123 Å². The van der Waals surface area contributed by atoms with Crippen molar-refractivity contribution in [1.29, 1.82) is 0 Å². The lowest BCUT2D eigenvalue weighted by Gasteiger charge is -2.35. The van der Waals surface area contributed by atoms with E-state index >= 15 is 0 Å². The van der Waals surface area contributed by atoms with Crippen LogP contribution in [0, 0.1) is 10.1 Å². The number of nitrogens with zero attached hydrogens (tertiary/aromatic N) is 4. The maximum Gasteiger partial charge on any atom is 0.274 e. The summed E-state index contributed by atoms with van der Waals surface area (Å²) in [4.78, 5) is 17.1. The SMILES string of the molecule is CCS(=O)(=O)N1CCN(c2ccc([N+](=O)[O-])c(C(N)c3cccnc3)c2)CC1. The Bertz CT molecular complexity index is 944. The quantitative estimate of drug-likeness (QED) is 0.571. The average Bonchev–Trinajstić information content (AvgIpc) is 2.73. The molecule has 1 fully saturated rings. The van der Waals surface area contributed by atoms with Gasteiger partial charge in [0.25, 0.3) is 5.69 Å². The number of nitrogens with two attached hydrogens (primary N) is 1. The first-order valence-corrected chi connectivity index (χ1v) is 10.6. The highest BCUT2D eigenvalue weighted by Crippen LogP contribution is 2.32. The van der Waals surface area contributed by atoms with Crippen LogP contribution in [0.15, 0.2) is 42.7 Å². The van der Waals surface area contributed by atoms with Gasteiger partial charge < -0.3 is 10.6 Å². The van der Waals surface area contributed by atoms with Crippen LogP contribution in [0.1, 0.15) is 24.1 Å². The Hall–Kier alpha value is -2.56. The van der Waals surface area contributed by atoms with E-state index in [1.54, 1.807) is 43.6 Å². The molecular weight excluding hydrogens is 382 g/mol. The van der Waals surface area contributed by atoms with Crippen LogP contribution < -0.4 is 10.6 Å². The second-order valence-corrected chi connectivity index (χ2v) is 8.81. The molecule has 150 valence electrons. The van der Waals surface area contributed by atoms with Crippen LogP contribution in [0.5, 0.6) is 0 Å². The molecule has 1 aromatic heterocycles. The maximum absolute atomic E-state index is 12.0. The van der Waals surface area contributed by atoms with Crippen molar-refractivity contribution in [3.05, 3.63) is 64.0 Å². The van der Waals surface area contributed by atoms with Crippen molar-refractivity contribution < 1.29 is 13.3 Å². The molecule has 1 atom stereocenters. The molecule has 10 heteroatoms. The number of nitro benzene ring substituents is 1. The number of hydrogen-bond acceptors (Lipinski definition) is 7. The third-order valence-corrected chi connectivity index (χ3v) is 6.83. The minimum atomic E-state index is -3.21. The molecule has 0 aliphatic carbocycles. The summed E-state index contributed by atoms with van der Waals surface area (Å²) in [6.45, 7) is 3.43. The van der Waals surface area contributed by atoms with Crippen molar-refractivity contribution in [1.82, 2.24) is 9.29 Å². The summed E-state index contributed by atoms with van der Waals surface area (Å²) >= 11 is 0. The van der Waals surface area contributed by atoms with E-state index in [0.29, 0.717) is 37.3 Å². The van der Waals surface area contributed by atoms with Crippen LogP contribution in [0.25, 0.3) is 0 Å². The lowest BCUT2D eigenvalue weighted by atomic mass is 9.98. The standard InChI is InChI=1S/C18H23N5O4S/c1-2-28(26,27)22-10-8-21(9-11-22)15-5-6-17(23(24)25)16(12-15)18(19)14-4-3-7-20-13-14/h3-7,12-13,18H,2,8-11,19H2,1H3. The Morgan fingerprint density at radius 3 is 2.54 bits per heavy atom. The van der Waals surface area contributed by atoms with Gasteiger partial charge in [-0.05, 0) is 30.7 Å². The molecule has 0 spiro atoms. The summed E-state index contributed by atoms with van der Waals surface area (Å²) in [5, 5.41) is 11.5. The first-order valence-electron chi connectivity index (χ1n) is 9.00. The molecule has 1 aliphatic heterocycles. The van der Waals surface area contributed by atoms with Gasteiger partial charge in [0.05, 0.1) is 22.3 Å². The number of hydrogen-bond donors (Lipinski definition) is 1. The van der Waals surface area contributed by atoms with Crippen molar-refractivity contribution >= 4 is 21.4 Å². The van der Waals surface area contributed by atoms with Crippen molar-refractivity contribution in [2.24, 2.45) is 5.73 Å². The van der Waals surface area contributed by atoms with E-state index in [9.17, 15) is 18.5 Å². The molecule has 0 saturated carbocycles. The number of pyridine rings is 1. The molecule has 28 heavy (non-hydrogen) atoms. The van der Waals surface area contributed by atoms with Crippen LogP contribution in [0.3, 0.4) is 0 Å². The third kappa shape index (κ3) is 4.13. The van der Waals surface area contributed by atoms with Crippen molar-refractivity contribution in [2.45, 2.75) is 13.0 Å². The predicted molar refractivity (Wildman–Crippen MR) is 107 cm³/mol. The Balaban J connectivity index is 1.87. The number of anilines is 1. The zero-order valence-corrected chi connectivity index (χ0v) is 16.4. The highest BCUT2D eigenvalue weighted by atomic mass is 32.2. The number of piperazine rings is 1. The molecule has 1 unspecified atom stereocenters. The lowest BCUT2D eigenvalue weighted by Crippen LogP contribution is -2.49. The first kappa shape index (κ1) is 20.2. The van der Waals surface area contributed by atoms with Gasteiger partial charge in [0, 0.05) is 50.3 Å². The molecule has 0 bridgehead atoms. The second kappa shape index (κ2) is 8.21. The normalized spacial score (nSPS) is 16.7. The number of aromatic nitrogens is 1. The maximum atomic E-state index is 12.0. The molecular formula is C18H23N5O4S. The number of sulfonamides is 1. The van der Waals surface area contributed by atoms with Crippen LogP contribution in [0.2, 0.25) is 0 Å². The predicted octanol–water partition coefficient (Wildman–Crippen LogP) is 1.51. The Kier molecular flexibility index (Phi) is 5.92.